The van der Waals surface area contributed by atoms with Gasteiger partial charge in [0, 0.05) is 6.04 Å². The first kappa shape index (κ1) is 15.7. The van der Waals surface area contributed by atoms with Crippen molar-refractivity contribution in [2.24, 2.45) is 5.73 Å². The maximum atomic E-state index is 12.9. The highest BCUT2D eigenvalue weighted by Gasteiger charge is 2.31. The molecule has 2 amide bonds. The van der Waals surface area contributed by atoms with Crippen LogP contribution in [0, 0.1) is 6.92 Å². The van der Waals surface area contributed by atoms with E-state index < -0.39 is 5.91 Å². The van der Waals surface area contributed by atoms with Crippen LogP contribution in [0.25, 0.3) is 10.8 Å². The number of nitrogens with two attached hydrogens (primary N) is 1. The van der Waals surface area contributed by atoms with Crippen molar-refractivity contribution >= 4 is 23.2 Å². The van der Waals surface area contributed by atoms with Crippen LogP contribution in [0.15, 0.2) is 21.9 Å². The smallest absolute Gasteiger partial charge is 0.276 e. The second-order valence-electron chi connectivity index (χ2n) is 5.74. The SMILES string of the molecule is Cc1oc(-c2cccs2)nc1C(=O)N(CC(N)=O)C1CCCC1. The molecule has 0 aromatic carbocycles. The summed E-state index contributed by atoms with van der Waals surface area (Å²) in [6.07, 6.45) is 3.91. The molecule has 0 spiro atoms. The lowest BCUT2D eigenvalue weighted by Gasteiger charge is -2.27. The third-order valence-electron chi connectivity index (χ3n) is 4.08. The number of thiophene rings is 1. The molecule has 2 aromatic heterocycles. The van der Waals surface area contributed by atoms with Gasteiger partial charge in [0.2, 0.25) is 11.8 Å². The third kappa shape index (κ3) is 3.29. The minimum atomic E-state index is -0.509. The molecule has 122 valence electrons. The van der Waals surface area contributed by atoms with E-state index in [-0.39, 0.29) is 24.2 Å². The van der Waals surface area contributed by atoms with Gasteiger partial charge in [0.25, 0.3) is 5.91 Å². The fourth-order valence-corrected chi connectivity index (χ4v) is 3.64. The monoisotopic (exact) mass is 333 g/mol. The Morgan fingerprint density at radius 3 is 2.78 bits per heavy atom. The molecule has 2 aromatic rings. The second-order valence-corrected chi connectivity index (χ2v) is 6.69. The predicted octanol–water partition coefficient (Wildman–Crippen LogP) is 2.58. The van der Waals surface area contributed by atoms with Crippen LogP contribution < -0.4 is 5.73 Å². The molecule has 0 atom stereocenters. The summed E-state index contributed by atoms with van der Waals surface area (Å²) in [7, 11) is 0. The Bertz CT molecular complexity index is 702. The minimum absolute atomic E-state index is 0.0521. The molecule has 1 fully saturated rings. The Morgan fingerprint density at radius 2 is 2.17 bits per heavy atom. The van der Waals surface area contributed by atoms with Gasteiger partial charge in [-0.1, -0.05) is 18.9 Å². The van der Waals surface area contributed by atoms with Crippen molar-refractivity contribution in [1.82, 2.24) is 9.88 Å². The summed E-state index contributed by atoms with van der Waals surface area (Å²) < 4.78 is 5.63. The van der Waals surface area contributed by atoms with E-state index in [9.17, 15) is 9.59 Å². The van der Waals surface area contributed by atoms with Crippen molar-refractivity contribution in [3.8, 4) is 10.8 Å². The second kappa shape index (κ2) is 6.54. The van der Waals surface area contributed by atoms with Gasteiger partial charge in [-0.2, -0.15) is 0 Å². The first-order valence-corrected chi connectivity index (χ1v) is 8.55. The largest absolute Gasteiger partial charge is 0.440 e. The Morgan fingerprint density at radius 1 is 1.43 bits per heavy atom. The van der Waals surface area contributed by atoms with Gasteiger partial charge in [0.15, 0.2) is 5.69 Å². The van der Waals surface area contributed by atoms with Crippen LogP contribution in [0.1, 0.15) is 41.9 Å². The lowest BCUT2D eigenvalue weighted by atomic mass is 10.2. The van der Waals surface area contributed by atoms with Crippen LogP contribution in [-0.2, 0) is 4.79 Å². The van der Waals surface area contributed by atoms with Crippen molar-refractivity contribution in [3.05, 3.63) is 29.0 Å². The number of carbonyl (C=O) groups is 2. The predicted molar refractivity (Wildman–Crippen MR) is 87.0 cm³/mol. The number of carbonyl (C=O) groups excluding carboxylic acids is 2. The van der Waals surface area contributed by atoms with Gasteiger partial charge in [-0.25, -0.2) is 4.98 Å². The molecule has 7 heteroatoms. The van der Waals surface area contributed by atoms with Crippen LogP contribution in [0.2, 0.25) is 0 Å². The minimum Gasteiger partial charge on any atom is -0.440 e. The van der Waals surface area contributed by atoms with Crippen LogP contribution in [0.4, 0.5) is 0 Å². The number of primary amides is 1. The molecule has 2 N–H and O–H groups in total. The van der Waals surface area contributed by atoms with Crippen molar-refractivity contribution in [2.75, 3.05) is 6.54 Å². The summed E-state index contributed by atoms with van der Waals surface area (Å²) in [6, 6.07) is 3.85. The first-order chi connectivity index (χ1) is 11.1. The Hall–Kier alpha value is -2.15. The molecule has 0 bridgehead atoms. The lowest BCUT2D eigenvalue weighted by molar-refractivity contribution is -0.119. The molecule has 1 aliphatic carbocycles. The van der Waals surface area contributed by atoms with E-state index in [4.69, 9.17) is 10.2 Å². The number of oxazole rings is 1. The number of aromatic nitrogens is 1. The number of aryl methyl sites for hydroxylation is 1. The molecule has 23 heavy (non-hydrogen) atoms. The maximum absolute atomic E-state index is 12.9. The summed E-state index contributed by atoms with van der Waals surface area (Å²) in [5.74, 6) is 0.113. The van der Waals surface area contributed by atoms with Crippen LogP contribution >= 0.6 is 11.3 Å². The molecular formula is C16H19N3O3S. The molecule has 0 aliphatic heterocycles. The standard InChI is InChI=1S/C16H19N3O3S/c1-10-14(18-15(22-10)12-7-4-8-23-12)16(21)19(9-13(17)20)11-5-2-3-6-11/h4,7-8,11H,2-3,5-6,9H2,1H3,(H2,17,20). The molecule has 6 nitrogen and oxygen atoms in total. The van der Waals surface area contributed by atoms with Gasteiger partial charge in [-0.05, 0) is 31.2 Å². The maximum Gasteiger partial charge on any atom is 0.276 e. The van der Waals surface area contributed by atoms with E-state index in [0.717, 1.165) is 30.6 Å². The normalized spacial score (nSPS) is 15.0. The Kier molecular flexibility index (Phi) is 4.47. The molecule has 1 saturated carbocycles. The zero-order valence-corrected chi connectivity index (χ0v) is 13.8. The zero-order chi connectivity index (χ0) is 16.4. The van der Waals surface area contributed by atoms with Gasteiger partial charge >= 0.3 is 0 Å². The molecular weight excluding hydrogens is 314 g/mol. The van der Waals surface area contributed by atoms with Crippen LogP contribution in [-0.4, -0.2) is 34.3 Å². The molecule has 0 saturated heterocycles. The summed E-state index contributed by atoms with van der Waals surface area (Å²) >= 11 is 1.50. The number of rotatable bonds is 5. The number of hydrogen-bond acceptors (Lipinski definition) is 5. The molecule has 2 heterocycles. The van der Waals surface area contributed by atoms with Gasteiger partial charge in [0.1, 0.15) is 5.76 Å². The van der Waals surface area contributed by atoms with Gasteiger partial charge in [-0.15, -0.1) is 11.3 Å². The highest BCUT2D eigenvalue weighted by atomic mass is 32.1. The summed E-state index contributed by atoms with van der Waals surface area (Å²) in [4.78, 5) is 31.0. The van der Waals surface area contributed by atoms with Crippen LogP contribution in [0.3, 0.4) is 0 Å². The van der Waals surface area contributed by atoms with Crippen molar-refractivity contribution in [1.29, 1.82) is 0 Å². The lowest BCUT2D eigenvalue weighted by Crippen LogP contribution is -2.44. The average molecular weight is 333 g/mol. The van der Waals surface area contributed by atoms with Gasteiger partial charge in [-0.3, -0.25) is 9.59 Å². The van der Waals surface area contributed by atoms with E-state index in [1.807, 2.05) is 17.5 Å². The van der Waals surface area contributed by atoms with Crippen molar-refractivity contribution in [3.63, 3.8) is 0 Å². The fourth-order valence-electron chi connectivity index (χ4n) is 2.99. The number of amides is 2. The summed E-state index contributed by atoms with van der Waals surface area (Å²) in [6.45, 7) is 1.64. The Labute approximate surface area is 138 Å². The zero-order valence-electron chi connectivity index (χ0n) is 12.9. The summed E-state index contributed by atoms with van der Waals surface area (Å²) in [5, 5.41) is 1.92. The molecule has 3 rings (SSSR count). The number of hydrogen-bond donors (Lipinski definition) is 1. The Balaban J connectivity index is 1.89. The highest BCUT2D eigenvalue weighted by molar-refractivity contribution is 7.13. The molecule has 1 aliphatic rings. The van der Waals surface area contributed by atoms with E-state index in [1.165, 1.54) is 11.3 Å². The van der Waals surface area contributed by atoms with E-state index in [0.29, 0.717) is 11.7 Å². The third-order valence-corrected chi connectivity index (χ3v) is 4.94. The molecule has 0 radical (unpaired) electrons. The van der Waals surface area contributed by atoms with Crippen molar-refractivity contribution < 1.29 is 14.0 Å². The van der Waals surface area contributed by atoms with Gasteiger partial charge in [0.05, 0.1) is 11.4 Å². The number of nitrogens with zero attached hydrogens (tertiary/aromatic N) is 2. The molecule has 0 unspecified atom stereocenters. The van der Waals surface area contributed by atoms with E-state index in [2.05, 4.69) is 4.98 Å². The van der Waals surface area contributed by atoms with Crippen LogP contribution in [0.5, 0.6) is 0 Å². The van der Waals surface area contributed by atoms with Gasteiger partial charge < -0.3 is 15.1 Å². The summed E-state index contributed by atoms with van der Waals surface area (Å²) in [5.41, 5.74) is 5.59. The van der Waals surface area contributed by atoms with E-state index in [1.54, 1.807) is 11.8 Å². The fraction of sp³-hybridized carbons (Fsp3) is 0.438. The van der Waals surface area contributed by atoms with E-state index >= 15 is 0 Å². The average Bonchev–Trinajstić information content (AvgIpc) is 3.24. The topological polar surface area (TPSA) is 89.4 Å². The first-order valence-electron chi connectivity index (χ1n) is 7.67. The highest BCUT2D eigenvalue weighted by Crippen LogP contribution is 2.28. The van der Waals surface area contributed by atoms with Crippen molar-refractivity contribution in [2.45, 2.75) is 38.6 Å². The quantitative estimate of drug-likeness (QED) is 0.910.